The molecule has 2 N–H and O–H groups in total. The van der Waals surface area contributed by atoms with Gasteiger partial charge in [-0.1, -0.05) is 30.3 Å². The van der Waals surface area contributed by atoms with E-state index < -0.39 is 0 Å². The molecule has 0 saturated carbocycles. The molecule has 0 aromatic heterocycles. The van der Waals surface area contributed by atoms with Crippen LogP contribution in [0.3, 0.4) is 0 Å². The number of aryl methyl sites for hydroxylation is 1. The van der Waals surface area contributed by atoms with Crippen molar-refractivity contribution in [3.05, 3.63) is 59.7 Å². The van der Waals surface area contributed by atoms with Gasteiger partial charge in [0, 0.05) is 18.9 Å². The van der Waals surface area contributed by atoms with E-state index in [0.717, 1.165) is 16.8 Å². The topological polar surface area (TPSA) is 59.6 Å². The molecule has 0 aliphatic rings. The molecule has 0 aliphatic heterocycles. The lowest BCUT2D eigenvalue weighted by Crippen LogP contribution is -2.35. The van der Waals surface area contributed by atoms with E-state index in [9.17, 15) is 4.79 Å². The van der Waals surface area contributed by atoms with Crippen LogP contribution in [-0.4, -0.2) is 31.3 Å². The van der Waals surface area contributed by atoms with Crippen LogP contribution in [-0.2, 0) is 16.0 Å². The molecule has 2 aromatic rings. The molecular weight excluding hydrogens is 336 g/mol. The van der Waals surface area contributed by atoms with Crippen LogP contribution in [0.4, 0.5) is 5.69 Å². The third-order valence-corrected chi connectivity index (χ3v) is 3.72. The maximum Gasteiger partial charge on any atom is 0.230 e. The molecule has 0 bridgehead atoms. The zero-order chi connectivity index (χ0) is 18.1. The molecular formula is C19H22N2O3S. The van der Waals surface area contributed by atoms with Gasteiger partial charge in [0.05, 0.1) is 13.0 Å². The highest BCUT2D eigenvalue weighted by Gasteiger charge is 2.08. The van der Waals surface area contributed by atoms with Gasteiger partial charge in [0.15, 0.2) is 5.11 Å². The number of carbonyl (C=O) groups is 1. The number of ether oxygens (including phenoxy) is 2. The van der Waals surface area contributed by atoms with Crippen molar-refractivity contribution in [2.24, 2.45) is 0 Å². The average Bonchev–Trinajstić information content (AvgIpc) is 2.57. The Hall–Kier alpha value is -2.44. The van der Waals surface area contributed by atoms with Crippen molar-refractivity contribution in [1.29, 1.82) is 0 Å². The van der Waals surface area contributed by atoms with E-state index in [0.29, 0.717) is 19.0 Å². The van der Waals surface area contributed by atoms with Gasteiger partial charge in [0.25, 0.3) is 0 Å². The van der Waals surface area contributed by atoms with E-state index in [1.165, 1.54) is 0 Å². The summed E-state index contributed by atoms with van der Waals surface area (Å²) in [4.78, 5) is 12.1. The molecule has 25 heavy (non-hydrogen) atoms. The van der Waals surface area contributed by atoms with Crippen molar-refractivity contribution in [1.82, 2.24) is 5.32 Å². The Morgan fingerprint density at radius 3 is 2.68 bits per heavy atom. The summed E-state index contributed by atoms with van der Waals surface area (Å²) in [5.74, 6) is 0.551. The Labute approximate surface area is 153 Å². The van der Waals surface area contributed by atoms with Crippen LogP contribution >= 0.6 is 12.2 Å². The quantitative estimate of drug-likeness (QED) is 0.588. The first-order valence-electron chi connectivity index (χ1n) is 7.95. The number of hydrogen-bond acceptors (Lipinski definition) is 4. The highest BCUT2D eigenvalue weighted by molar-refractivity contribution is 7.80. The van der Waals surface area contributed by atoms with Crippen LogP contribution in [0.5, 0.6) is 5.75 Å². The summed E-state index contributed by atoms with van der Waals surface area (Å²) >= 11 is 5.21. The summed E-state index contributed by atoms with van der Waals surface area (Å²) in [6.45, 7) is 2.97. The number of benzene rings is 2. The first-order valence-corrected chi connectivity index (χ1v) is 8.36. The maximum atomic E-state index is 12.1. The number of hydrogen-bond donors (Lipinski definition) is 2. The Kier molecular flexibility index (Phi) is 7.37. The van der Waals surface area contributed by atoms with Crippen molar-refractivity contribution >= 4 is 28.9 Å². The van der Waals surface area contributed by atoms with Gasteiger partial charge < -0.3 is 20.1 Å². The molecule has 0 spiro atoms. The summed E-state index contributed by atoms with van der Waals surface area (Å²) in [7, 11) is 1.62. The Morgan fingerprint density at radius 1 is 1.12 bits per heavy atom. The largest absolute Gasteiger partial charge is 0.491 e. The maximum absolute atomic E-state index is 12.1. The Morgan fingerprint density at radius 2 is 1.92 bits per heavy atom. The first-order chi connectivity index (χ1) is 12.1. The van der Waals surface area contributed by atoms with Crippen LogP contribution in [0.2, 0.25) is 0 Å². The van der Waals surface area contributed by atoms with Crippen LogP contribution < -0.4 is 15.4 Å². The summed E-state index contributed by atoms with van der Waals surface area (Å²) in [6, 6.07) is 15.1. The highest BCUT2D eigenvalue weighted by atomic mass is 32.1. The summed E-state index contributed by atoms with van der Waals surface area (Å²) < 4.78 is 10.5. The second kappa shape index (κ2) is 9.76. The van der Waals surface area contributed by atoms with E-state index in [4.69, 9.17) is 21.7 Å². The van der Waals surface area contributed by atoms with Gasteiger partial charge >= 0.3 is 0 Å². The number of nitrogens with one attached hydrogen (secondary N) is 2. The predicted octanol–water partition coefficient (Wildman–Crippen LogP) is 3.08. The fourth-order valence-electron chi connectivity index (χ4n) is 2.22. The minimum atomic E-state index is -0.153. The van der Waals surface area contributed by atoms with Crippen molar-refractivity contribution in [3.63, 3.8) is 0 Å². The Balaban J connectivity index is 1.86. The van der Waals surface area contributed by atoms with Gasteiger partial charge in [-0.2, -0.15) is 0 Å². The second-order valence-electron chi connectivity index (χ2n) is 5.47. The zero-order valence-electron chi connectivity index (χ0n) is 14.4. The molecule has 6 heteroatoms. The minimum Gasteiger partial charge on any atom is -0.491 e. The SMILES string of the molecule is COCCOc1cccc(NC(=S)NC(=O)Cc2ccccc2C)c1. The average molecular weight is 358 g/mol. The molecule has 0 aliphatic carbocycles. The number of amides is 1. The number of anilines is 1. The molecule has 5 nitrogen and oxygen atoms in total. The fraction of sp³-hybridized carbons (Fsp3) is 0.263. The van der Waals surface area contributed by atoms with Gasteiger partial charge in [0.1, 0.15) is 12.4 Å². The van der Waals surface area contributed by atoms with Gasteiger partial charge in [-0.25, -0.2) is 0 Å². The van der Waals surface area contributed by atoms with E-state index in [2.05, 4.69) is 10.6 Å². The number of rotatable bonds is 7. The third-order valence-electron chi connectivity index (χ3n) is 3.51. The zero-order valence-corrected chi connectivity index (χ0v) is 15.2. The van der Waals surface area contributed by atoms with E-state index in [1.54, 1.807) is 7.11 Å². The molecule has 132 valence electrons. The number of methoxy groups -OCH3 is 1. The van der Waals surface area contributed by atoms with Crippen molar-refractivity contribution in [3.8, 4) is 5.75 Å². The number of carbonyl (C=O) groups excluding carboxylic acids is 1. The minimum absolute atomic E-state index is 0.153. The third kappa shape index (κ3) is 6.52. The van der Waals surface area contributed by atoms with Gasteiger partial charge in [-0.05, 0) is 42.4 Å². The van der Waals surface area contributed by atoms with E-state index in [-0.39, 0.29) is 17.4 Å². The Bertz CT molecular complexity index is 734. The molecule has 1 amide bonds. The lowest BCUT2D eigenvalue weighted by Gasteiger charge is -2.12. The summed E-state index contributed by atoms with van der Waals surface area (Å²) in [6.07, 6.45) is 0.286. The molecule has 0 radical (unpaired) electrons. The molecule has 2 rings (SSSR count). The lowest BCUT2D eigenvalue weighted by molar-refractivity contribution is -0.119. The highest BCUT2D eigenvalue weighted by Crippen LogP contribution is 2.17. The van der Waals surface area contributed by atoms with Gasteiger partial charge in [-0.15, -0.1) is 0 Å². The van der Waals surface area contributed by atoms with E-state index >= 15 is 0 Å². The normalized spacial score (nSPS) is 10.2. The van der Waals surface area contributed by atoms with Gasteiger partial charge in [-0.3, -0.25) is 4.79 Å². The summed E-state index contributed by atoms with van der Waals surface area (Å²) in [5, 5.41) is 5.95. The molecule has 2 aromatic carbocycles. The molecule has 0 saturated heterocycles. The predicted molar refractivity (Wildman–Crippen MR) is 103 cm³/mol. The lowest BCUT2D eigenvalue weighted by atomic mass is 10.1. The molecule has 0 fully saturated rings. The summed E-state index contributed by atoms with van der Waals surface area (Å²) in [5.41, 5.74) is 2.81. The fourth-order valence-corrected chi connectivity index (χ4v) is 2.45. The van der Waals surface area contributed by atoms with Crippen molar-refractivity contribution < 1.29 is 14.3 Å². The van der Waals surface area contributed by atoms with Crippen LogP contribution in [0, 0.1) is 6.92 Å². The molecule has 0 heterocycles. The smallest absolute Gasteiger partial charge is 0.230 e. The second-order valence-corrected chi connectivity index (χ2v) is 5.88. The van der Waals surface area contributed by atoms with E-state index in [1.807, 2.05) is 55.5 Å². The molecule has 0 atom stereocenters. The van der Waals surface area contributed by atoms with Crippen molar-refractivity contribution in [2.45, 2.75) is 13.3 Å². The monoisotopic (exact) mass is 358 g/mol. The standard InChI is InChI=1S/C19H22N2O3S/c1-14-6-3-4-7-15(14)12-18(22)21-19(25)20-16-8-5-9-17(13-16)24-11-10-23-2/h3-9,13H,10-12H2,1-2H3,(H2,20,21,22,25). The van der Waals surface area contributed by atoms with Gasteiger partial charge in [0.2, 0.25) is 5.91 Å². The first kappa shape index (κ1) is 18.9. The van der Waals surface area contributed by atoms with Crippen LogP contribution in [0.25, 0.3) is 0 Å². The van der Waals surface area contributed by atoms with Crippen LogP contribution in [0.15, 0.2) is 48.5 Å². The molecule has 0 unspecified atom stereocenters. The number of thiocarbonyl (C=S) groups is 1. The van der Waals surface area contributed by atoms with Crippen LogP contribution in [0.1, 0.15) is 11.1 Å². The van der Waals surface area contributed by atoms with Crippen molar-refractivity contribution in [2.75, 3.05) is 25.6 Å².